The maximum absolute atomic E-state index is 12.2. The van der Waals surface area contributed by atoms with Gasteiger partial charge in [-0.15, -0.1) is 0 Å². The molecule has 2 atom stereocenters. The summed E-state index contributed by atoms with van der Waals surface area (Å²) >= 11 is 0. The van der Waals surface area contributed by atoms with Crippen LogP contribution in [0.5, 0.6) is 5.75 Å². The lowest BCUT2D eigenvalue weighted by molar-refractivity contribution is -0.115. The summed E-state index contributed by atoms with van der Waals surface area (Å²) in [6, 6.07) is 36.9. The number of fused-ring (bicyclic) bond motifs is 10. The van der Waals surface area contributed by atoms with E-state index < -0.39 is 0 Å². The molecule has 0 unspecified atom stereocenters. The van der Waals surface area contributed by atoms with Crippen molar-refractivity contribution in [2.75, 3.05) is 24.7 Å². The molecule has 0 fully saturated rings. The Hall–Kier alpha value is -6.13. The highest BCUT2D eigenvalue weighted by Crippen LogP contribution is 2.47. The van der Waals surface area contributed by atoms with E-state index >= 15 is 0 Å². The van der Waals surface area contributed by atoms with Gasteiger partial charge in [0.15, 0.2) is 0 Å². The Morgan fingerprint density at radius 2 is 1.08 bits per heavy atom. The molecule has 10 heteroatoms. The Morgan fingerprint density at radius 3 is 1.52 bits per heavy atom. The van der Waals surface area contributed by atoms with Crippen LogP contribution in [0.3, 0.4) is 0 Å². The standard InChI is InChI=1S/C35H26N6O.C3H7NO.H2O/c1-20-18-23(34-36-25-12-4-2-10-21(25)32-38-27-14-6-8-16-29(27)40(32)34)31(42)24(19-20)35-37-26-13-5-3-11-22(26)33-39-28-15-7-9-17-30(28)41(33)35;1-4(2)3-5;/h2-19,34-37,42H,1H3;3H,1-2H3;1H2/t34-,35+;;. The third kappa shape index (κ3) is 4.81. The van der Waals surface area contributed by atoms with E-state index in [1.165, 1.54) is 4.90 Å². The lowest BCUT2D eigenvalue weighted by Crippen LogP contribution is -2.27. The number of carbonyl (C=O) groups excluding carboxylic acids is 1. The number of nitrogens with one attached hydrogen (secondary N) is 2. The van der Waals surface area contributed by atoms with Crippen LogP contribution in [0, 0.1) is 6.92 Å². The summed E-state index contributed by atoms with van der Waals surface area (Å²) in [6.07, 6.45) is 0.0201. The predicted molar refractivity (Wildman–Crippen MR) is 190 cm³/mol. The third-order valence-corrected chi connectivity index (χ3v) is 8.74. The molecule has 5 aromatic carbocycles. The van der Waals surface area contributed by atoms with Crippen LogP contribution in [0.4, 0.5) is 11.4 Å². The Bertz CT molecular complexity index is 2170. The number of aryl methyl sites for hydroxylation is 1. The number of benzene rings is 5. The lowest BCUT2D eigenvalue weighted by atomic mass is 9.97. The smallest absolute Gasteiger partial charge is 0.209 e. The van der Waals surface area contributed by atoms with Gasteiger partial charge < -0.3 is 26.1 Å². The van der Waals surface area contributed by atoms with Crippen molar-refractivity contribution < 1.29 is 15.4 Å². The van der Waals surface area contributed by atoms with Gasteiger partial charge in [-0.1, -0.05) is 54.1 Å². The van der Waals surface area contributed by atoms with Gasteiger partial charge in [0.25, 0.3) is 0 Å². The van der Waals surface area contributed by atoms with Gasteiger partial charge >= 0.3 is 0 Å². The van der Waals surface area contributed by atoms with Crippen molar-refractivity contribution in [3.05, 3.63) is 126 Å². The first-order chi connectivity index (χ1) is 22.9. The van der Waals surface area contributed by atoms with Crippen molar-refractivity contribution in [2.45, 2.75) is 19.3 Å². The van der Waals surface area contributed by atoms with Crippen molar-refractivity contribution in [3.8, 4) is 28.5 Å². The molecule has 2 aliphatic heterocycles. The molecule has 0 aliphatic carbocycles. The summed E-state index contributed by atoms with van der Waals surface area (Å²) in [7, 11) is 3.38. The number of carbonyl (C=O) groups is 1. The SMILES string of the molecule is CN(C)C=O.Cc1cc([C@H]2Nc3ccccc3-c3nc4ccccc4n32)c(O)c([C@@H]2Nc3ccccc3-c3nc4ccccc4n32)c1.O. The highest BCUT2D eigenvalue weighted by Gasteiger charge is 2.34. The molecule has 2 aliphatic rings. The molecule has 0 spiro atoms. The van der Waals surface area contributed by atoms with Crippen molar-refractivity contribution in [1.82, 2.24) is 24.0 Å². The van der Waals surface area contributed by atoms with Gasteiger partial charge in [-0.3, -0.25) is 13.9 Å². The lowest BCUT2D eigenvalue weighted by Gasteiger charge is -2.34. The monoisotopic (exact) mass is 637 g/mol. The van der Waals surface area contributed by atoms with E-state index in [9.17, 15) is 9.90 Å². The first kappa shape index (κ1) is 30.5. The Kier molecular flexibility index (Phi) is 7.57. The number of phenolic OH excluding ortho intramolecular Hbond substituents is 1. The third-order valence-electron chi connectivity index (χ3n) is 8.74. The number of amides is 1. The highest BCUT2D eigenvalue weighted by molar-refractivity contribution is 5.88. The van der Waals surface area contributed by atoms with E-state index in [4.69, 9.17) is 9.97 Å². The van der Waals surface area contributed by atoms with Crippen molar-refractivity contribution in [3.63, 3.8) is 0 Å². The summed E-state index contributed by atoms with van der Waals surface area (Å²) in [6.45, 7) is 2.08. The molecule has 0 bridgehead atoms. The van der Waals surface area contributed by atoms with Crippen LogP contribution < -0.4 is 10.6 Å². The van der Waals surface area contributed by atoms with Crippen LogP contribution in [0.15, 0.2) is 109 Å². The molecule has 0 saturated heterocycles. The number of anilines is 2. The fourth-order valence-corrected chi connectivity index (χ4v) is 6.71. The molecular formula is C38H35N7O3. The second-order valence-corrected chi connectivity index (χ2v) is 12.1. The molecule has 10 nitrogen and oxygen atoms in total. The van der Waals surface area contributed by atoms with Crippen molar-refractivity contribution in [1.29, 1.82) is 0 Å². The van der Waals surface area contributed by atoms with Crippen molar-refractivity contribution in [2.24, 2.45) is 0 Å². The predicted octanol–water partition coefficient (Wildman–Crippen LogP) is 6.56. The quantitative estimate of drug-likeness (QED) is 0.188. The Labute approximate surface area is 277 Å². The molecule has 2 aromatic heterocycles. The molecule has 5 N–H and O–H groups in total. The number of imidazole rings is 2. The number of aromatic nitrogens is 4. The number of aromatic hydroxyl groups is 1. The van der Waals surface area contributed by atoms with Gasteiger partial charge in [-0.25, -0.2) is 9.97 Å². The van der Waals surface area contributed by atoms with Crippen LogP contribution in [-0.2, 0) is 4.79 Å². The Balaban J connectivity index is 0.000000569. The number of para-hydroxylation sites is 6. The van der Waals surface area contributed by atoms with Gasteiger partial charge in [0.05, 0.1) is 22.1 Å². The maximum atomic E-state index is 12.2. The number of phenols is 1. The average Bonchev–Trinajstić information content (AvgIpc) is 3.69. The zero-order valence-electron chi connectivity index (χ0n) is 26.7. The Morgan fingerprint density at radius 1 is 0.688 bits per heavy atom. The number of hydrogen-bond donors (Lipinski definition) is 3. The fourth-order valence-electron chi connectivity index (χ4n) is 6.71. The van der Waals surface area contributed by atoms with E-state index in [2.05, 4.69) is 75.2 Å². The van der Waals surface area contributed by atoms with Crippen LogP contribution in [0.25, 0.3) is 44.8 Å². The largest absolute Gasteiger partial charge is 0.507 e. The van der Waals surface area contributed by atoms with E-state index in [0.29, 0.717) is 0 Å². The zero-order valence-corrected chi connectivity index (χ0v) is 26.7. The van der Waals surface area contributed by atoms with Crippen molar-refractivity contribution >= 4 is 39.9 Å². The zero-order chi connectivity index (χ0) is 32.2. The van der Waals surface area contributed by atoms with Crippen LogP contribution in [-0.4, -0.2) is 55.1 Å². The molecule has 240 valence electrons. The van der Waals surface area contributed by atoms with E-state index in [-0.39, 0.29) is 23.6 Å². The summed E-state index contributed by atoms with van der Waals surface area (Å²) in [4.78, 5) is 20.9. The summed E-state index contributed by atoms with van der Waals surface area (Å²) in [5, 5.41) is 19.7. The molecule has 7 aromatic rings. The van der Waals surface area contributed by atoms with Crippen LogP contribution >= 0.6 is 0 Å². The molecule has 48 heavy (non-hydrogen) atoms. The summed E-state index contributed by atoms with van der Waals surface area (Å²) < 4.78 is 4.41. The average molecular weight is 638 g/mol. The minimum Gasteiger partial charge on any atom is -0.507 e. The van der Waals surface area contributed by atoms with Gasteiger partial charge in [0.1, 0.15) is 29.7 Å². The van der Waals surface area contributed by atoms with Crippen LogP contribution in [0.1, 0.15) is 29.0 Å². The first-order valence-corrected chi connectivity index (χ1v) is 15.5. The minimum atomic E-state index is -0.365. The van der Waals surface area contributed by atoms with E-state index in [0.717, 1.165) is 79.3 Å². The topological polar surface area (TPSA) is 132 Å². The molecule has 0 saturated carbocycles. The number of hydrogen-bond acceptors (Lipinski definition) is 6. The minimum absolute atomic E-state index is 0. The molecule has 1 amide bonds. The fraction of sp³-hybridized carbons (Fsp3) is 0.132. The van der Waals surface area contributed by atoms with Gasteiger partial charge in [-0.2, -0.15) is 0 Å². The second kappa shape index (κ2) is 11.9. The molecule has 9 rings (SSSR count). The summed E-state index contributed by atoms with van der Waals surface area (Å²) in [5.41, 5.74) is 10.5. The first-order valence-electron chi connectivity index (χ1n) is 15.5. The number of rotatable bonds is 3. The normalized spacial score (nSPS) is 15.3. The number of nitrogens with zero attached hydrogens (tertiary/aromatic N) is 5. The van der Waals surface area contributed by atoms with Crippen LogP contribution in [0.2, 0.25) is 0 Å². The van der Waals surface area contributed by atoms with Gasteiger partial charge in [0.2, 0.25) is 6.41 Å². The van der Waals surface area contributed by atoms with Gasteiger partial charge in [0, 0.05) is 47.7 Å². The maximum Gasteiger partial charge on any atom is 0.209 e. The molecule has 4 heterocycles. The van der Waals surface area contributed by atoms with E-state index in [1.54, 1.807) is 14.1 Å². The van der Waals surface area contributed by atoms with Gasteiger partial charge in [-0.05, 0) is 67.6 Å². The highest BCUT2D eigenvalue weighted by atomic mass is 16.3. The molecule has 0 radical (unpaired) electrons. The van der Waals surface area contributed by atoms with E-state index in [1.807, 2.05) is 60.7 Å². The molecular weight excluding hydrogens is 602 g/mol. The second-order valence-electron chi connectivity index (χ2n) is 12.1. The summed E-state index contributed by atoms with van der Waals surface area (Å²) in [5.74, 6) is 2.00.